The monoisotopic (exact) mass is 312 g/mol. The molecule has 0 aliphatic rings. The van der Waals surface area contributed by atoms with Gasteiger partial charge in [-0.3, -0.25) is 4.40 Å². The van der Waals surface area contributed by atoms with Crippen LogP contribution in [0.15, 0.2) is 42.5 Å². The third-order valence-corrected chi connectivity index (χ3v) is 4.41. The molecule has 0 unspecified atom stereocenters. The molecular formula is C19H21ClN2. The molecule has 22 heavy (non-hydrogen) atoms. The van der Waals surface area contributed by atoms with Crippen molar-refractivity contribution in [3.63, 3.8) is 0 Å². The van der Waals surface area contributed by atoms with Crippen molar-refractivity contribution in [2.24, 2.45) is 0 Å². The lowest BCUT2D eigenvalue weighted by Crippen LogP contribution is -1.98. The lowest BCUT2D eigenvalue weighted by molar-refractivity contribution is 0.865. The number of aryl methyl sites for hydroxylation is 1. The van der Waals surface area contributed by atoms with Crippen LogP contribution in [0, 0.1) is 6.92 Å². The van der Waals surface area contributed by atoms with Gasteiger partial charge in [0.05, 0.1) is 17.3 Å². The van der Waals surface area contributed by atoms with Crippen molar-refractivity contribution >= 4 is 17.2 Å². The molecule has 0 atom stereocenters. The van der Waals surface area contributed by atoms with Crippen LogP contribution in [0.5, 0.6) is 0 Å². The van der Waals surface area contributed by atoms with Gasteiger partial charge in [0.1, 0.15) is 5.65 Å². The van der Waals surface area contributed by atoms with E-state index >= 15 is 0 Å². The molecule has 0 saturated carbocycles. The lowest BCUT2D eigenvalue weighted by Gasteiger charge is -2.07. The Morgan fingerprint density at radius 2 is 1.82 bits per heavy atom. The summed E-state index contributed by atoms with van der Waals surface area (Å²) in [5.41, 5.74) is 6.96. The van der Waals surface area contributed by atoms with E-state index in [2.05, 4.69) is 55.5 Å². The maximum atomic E-state index is 6.20. The minimum Gasteiger partial charge on any atom is -0.300 e. The number of nitrogens with zero attached hydrogens (tertiary/aromatic N) is 2. The molecule has 0 spiro atoms. The Labute approximate surface area is 136 Å². The minimum atomic E-state index is 0.478. The number of rotatable bonds is 4. The summed E-state index contributed by atoms with van der Waals surface area (Å²) in [6, 6.07) is 15.0. The van der Waals surface area contributed by atoms with Crippen molar-refractivity contribution in [3.05, 3.63) is 70.7 Å². The van der Waals surface area contributed by atoms with E-state index in [-0.39, 0.29) is 0 Å². The predicted octanol–water partition coefficient (Wildman–Crippen LogP) is 5.10. The van der Waals surface area contributed by atoms with Gasteiger partial charge in [-0.25, -0.2) is 4.98 Å². The number of alkyl halides is 1. The minimum absolute atomic E-state index is 0.478. The van der Waals surface area contributed by atoms with Crippen LogP contribution in [0.25, 0.3) is 5.65 Å². The number of fused-ring (bicyclic) bond motifs is 1. The van der Waals surface area contributed by atoms with Gasteiger partial charge in [0.15, 0.2) is 0 Å². The summed E-state index contributed by atoms with van der Waals surface area (Å²) in [6.07, 6.45) is 0.821. The normalized spacial score (nSPS) is 11.5. The first-order chi connectivity index (χ1) is 10.6. The van der Waals surface area contributed by atoms with Crippen molar-refractivity contribution in [3.8, 4) is 0 Å². The van der Waals surface area contributed by atoms with Gasteiger partial charge < -0.3 is 0 Å². The van der Waals surface area contributed by atoms with Gasteiger partial charge in [0.2, 0.25) is 0 Å². The summed E-state index contributed by atoms with van der Waals surface area (Å²) >= 11 is 6.20. The van der Waals surface area contributed by atoms with Crippen LogP contribution in [0.2, 0.25) is 0 Å². The van der Waals surface area contributed by atoms with Crippen molar-refractivity contribution in [2.45, 2.75) is 39.0 Å². The molecule has 2 nitrogen and oxygen atoms in total. The van der Waals surface area contributed by atoms with E-state index in [0.717, 1.165) is 23.5 Å². The first kappa shape index (κ1) is 15.1. The second-order valence-electron chi connectivity index (χ2n) is 6.07. The van der Waals surface area contributed by atoms with E-state index in [4.69, 9.17) is 16.6 Å². The molecule has 0 amide bonds. The Morgan fingerprint density at radius 3 is 2.45 bits per heavy atom. The number of halogens is 1. The molecule has 2 heterocycles. The fraction of sp³-hybridized carbons (Fsp3) is 0.316. The SMILES string of the molecule is Cc1cccc2nc(Cc3ccc(C(C)C)cc3)c(CCl)n12. The summed E-state index contributed by atoms with van der Waals surface area (Å²) in [4.78, 5) is 4.78. The molecule has 0 bridgehead atoms. The van der Waals surface area contributed by atoms with Crippen LogP contribution in [0.1, 0.15) is 48.0 Å². The number of pyridine rings is 1. The fourth-order valence-electron chi connectivity index (χ4n) is 2.87. The Bertz CT molecular complexity index is 785. The Morgan fingerprint density at radius 1 is 1.09 bits per heavy atom. The first-order valence-electron chi connectivity index (χ1n) is 7.70. The molecule has 2 aromatic heterocycles. The van der Waals surface area contributed by atoms with Crippen LogP contribution < -0.4 is 0 Å². The first-order valence-corrected chi connectivity index (χ1v) is 8.24. The van der Waals surface area contributed by atoms with E-state index < -0.39 is 0 Å². The van der Waals surface area contributed by atoms with Crippen molar-refractivity contribution in [1.82, 2.24) is 9.38 Å². The van der Waals surface area contributed by atoms with E-state index in [1.807, 2.05) is 12.1 Å². The van der Waals surface area contributed by atoms with Gasteiger partial charge in [0, 0.05) is 12.1 Å². The zero-order valence-corrected chi connectivity index (χ0v) is 14.1. The highest BCUT2D eigenvalue weighted by molar-refractivity contribution is 6.17. The number of imidazole rings is 1. The molecule has 0 N–H and O–H groups in total. The van der Waals surface area contributed by atoms with Gasteiger partial charge >= 0.3 is 0 Å². The Kier molecular flexibility index (Phi) is 4.21. The van der Waals surface area contributed by atoms with Crippen molar-refractivity contribution in [1.29, 1.82) is 0 Å². The second-order valence-corrected chi connectivity index (χ2v) is 6.34. The number of hydrogen-bond acceptors (Lipinski definition) is 1. The zero-order valence-electron chi connectivity index (χ0n) is 13.3. The lowest BCUT2D eigenvalue weighted by atomic mass is 10.00. The number of aromatic nitrogens is 2. The molecule has 1 aromatic carbocycles. The third kappa shape index (κ3) is 2.76. The fourth-order valence-corrected chi connectivity index (χ4v) is 3.14. The molecule has 0 aliphatic heterocycles. The average Bonchev–Trinajstić information content (AvgIpc) is 2.86. The molecule has 114 valence electrons. The van der Waals surface area contributed by atoms with Gasteiger partial charge in [0.25, 0.3) is 0 Å². The molecule has 3 rings (SSSR count). The maximum absolute atomic E-state index is 6.20. The van der Waals surface area contributed by atoms with Crippen LogP contribution >= 0.6 is 11.6 Å². The summed E-state index contributed by atoms with van der Waals surface area (Å²) in [5, 5.41) is 0. The topological polar surface area (TPSA) is 17.3 Å². The van der Waals surface area contributed by atoms with E-state index in [9.17, 15) is 0 Å². The summed E-state index contributed by atoms with van der Waals surface area (Å²) in [6.45, 7) is 6.52. The maximum Gasteiger partial charge on any atom is 0.137 e. The van der Waals surface area contributed by atoms with Crippen molar-refractivity contribution in [2.75, 3.05) is 0 Å². The number of hydrogen-bond donors (Lipinski definition) is 0. The average molecular weight is 313 g/mol. The van der Waals surface area contributed by atoms with Gasteiger partial charge in [-0.05, 0) is 36.1 Å². The molecule has 3 heteroatoms. The molecule has 0 radical (unpaired) electrons. The summed E-state index contributed by atoms with van der Waals surface area (Å²) in [5.74, 6) is 1.04. The van der Waals surface area contributed by atoms with Gasteiger partial charge in [-0.15, -0.1) is 11.6 Å². The Balaban J connectivity index is 1.98. The largest absolute Gasteiger partial charge is 0.300 e. The van der Waals surface area contributed by atoms with Gasteiger partial charge in [-0.1, -0.05) is 44.2 Å². The zero-order chi connectivity index (χ0) is 15.7. The molecule has 0 aliphatic carbocycles. The van der Waals surface area contributed by atoms with E-state index in [1.165, 1.54) is 16.8 Å². The van der Waals surface area contributed by atoms with E-state index in [1.54, 1.807) is 0 Å². The Hall–Kier alpha value is -1.80. The standard InChI is InChI=1S/C19H21ClN2/c1-13(2)16-9-7-15(8-10-16)11-17-18(12-20)22-14(3)5-4-6-19(22)21-17/h4-10,13H,11-12H2,1-3H3. The molecule has 0 saturated heterocycles. The van der Waals surface area contributed by atoms with Crippen molar-refractivity contribution < 1.29 is 0 Å². The van der Waals surface area contributed by atoms with E-state index in [0.29, 0.717) is 11.8 Å². The number of benzene rings is 1. The van der Waals surface area contributed by atoms with Crippen LogP contribution in [-0.2, 0) is 12.3 Å². The van der Waals surface area contributed by atoms with Gasteiger partial charge in [-0.2, -0.15) is 0 Å². The summed E-state index contributed by atoms with van der Waals surface area (Å²) in [7, 11) is 0. The molecule has 3 aromatic rings. The highest BCUT2D eigenvalue weighted by Crippen LogP contribution is 2.21. The highest BCUT2D eigenvalue weighted by Gasteiger charge is 2.13. The molecular weight excluding hydrogens is 292 g/mol. The smallest absolute Gasteiger partial charge is 0.137 e. The second kappa shape index (κ2) is 6.13. The quantitative estimate of drug-likeness (QED) is 0.613. The predicted molar refractivity (Wildman–Crippen MR) is 92.8 cm³/mol. The van der Waals surface area contributed by atoms with Crippen LogP contribution in [-0.4, -0.2) is 9.38 Å². The van der Waals surface area contributed by atoms with Crippen LogP contribution in [0.3, 0.4) is 0 Å². The highest BCUT2D eigenvalue weighted by atomic mass is 35.5. The third-order valence-electron chi connectivity index (χ3n) is 4.16. The van der Waals surface area contributed by atoms with Crippen LogP contribution in [0.4, 0.5) is 0 Å². The molecule has 0 fully saturated rings. The summed E-state index contributed by atoms with van der Waals surface area (Å²) < 4.78 is 2.16.